The van der Waals surface area contributed by atoms with E-state index in [1.807, 2.05) is 19.1 Å². The van der Waals surface area contributed by atoms with Crippen LogP contribution < -0.4 is 10.1 Å². The molecule has 0 bridgehead atoms. The molecule has 1 unspecified atom stereocenters. The lowest BCUT2D eigenvalue weighted by molar-refractivity contribution is -0.144. The van der Waals surface area contributed by atoms with Crippen LogP contribution in [0, 0.1) is 0 Å². The van der Waals surface area contributed by atoms with Crippen LogP contribution in [0.1, 0.15) is 32.3 Å². The number of aliphatic hydroxyl groups is 1. The molecule has 0 spiro atoms. The lowest BCUT2D eigenvalue weighted by atomic mass is 9.98. The number of aliphatic carboxylic acids is 1. The molecule has 1 aromatic rings. The second-order valence-electron chi connectivity index (χ2n) is 4.93. The lowest BCUT2D eigenvalue weighted by Gasteiger charge is -2.26. The van der Waals surface area contributed by atoms with Crippen LogP contribution in [-0.4, -0.2) is 34.9 Å². The summed E-state index contributed by atoms with van der Waals surface area (Å²) in [6.07, 6.45) is 1.22. The summed E-state index contributed by atoms with van der Waals surface area (Å²) in [6, 6.07) is 7.19. The third kappa shape index (κ3) is 4.51. The Morgan fingerprint density at radius 1 is 1.40 bits per heavy atom. The van der Waals surface area contributed by atoms with Crippen molar-refractivity contribution < 1.29 is 19.7 Å². The van der Waals surface area contributed by atoms with Gasteiger partial charge in [-0.1, -0.05) is 25.1 Å². The van der Waals surface area contributed by atoms with E-state index >= 15 is 0 Å². The van der Waals surface area contributed by atoms with E-state index in [0.717, 1.165) is 6.42 Å². The van der Waals surface area contributed by atoms with Crippen LogP contribution in [0.4, 0.5) is 0 Å². The summed E-state index contributed by atoms with van der Waals surface area (Å²) in [6.45, 7) is 4.47. The molecule has 5 heteroatoms. The summed E-state index contributed by atoms with van der Waals surface area (Å²) < 4.78 is 5.59. The second-order valence-corrected chi connectivity index (χ2v) is 4.93. The lowest BCUT2D eigenvalue weighted by Crippen LogP contribution is -2.50. The molecule has 5 nitrogen and oxygen atoms in total. The predicted octanol–water partition coefficient (Wildman–Crippen LogP) is 1.79. The van der Waals surface area contributed by atoms with Gasteiger partial charge in [0.25, 0.3) is 0 Å². The average Bonchev–Trinajstić information content (AvgIpc) is 2.45. The van der Waals surface area contributed by atoms with Gasteiger partial charge >= 0.3 is 5.97 Å². The summed E-state index contributed by atoms with van der Waals surface area (Å²) in [4.78, 5) is 11.3. The number of para-hydroxylation sites is 1. The van der Waals surface area contributed by atoms with Crippen molar-refractivity contribution in [3.8, 4) is 5.75 Å². The Hall–Kier alpha value is -1.59. The van der Waals surface area contributed by atoms with Gasteiger partial charge in [-0.2, -0.15) is 0 Å². The number of aliphatic hydroxyl groups excluding tert-OH is 1. The molecule has 1 rings (SSSR count). The van der Waals surface area contributed by atoms with Crippen LogP contribution in [0.3, 0.4) is 0 Å². The number of nitrogens with one attached hydrogen (secondary N) is 1. The topological polar surface area (TPSA) is 78.8 Å². The normalized spacial score (nSPS) is 13.8. The fourth-order valence-corrected chi connectivity index (χ4v) is 1.81. The molecule has 112 valence electrons. The molecule has 20 heavy (non-hydrogen) atoms. The van der Waals surface area contributed by atoms with Crippen LogP contribution in [0.2, 0.25) is 0 Å². The molecule has 0 aliphatic rings. The Kier molecular flexibility index (Phi) is 6.48. The van der Waals surface area contributed by atoms with Gasteiger partial charge in [-0.15, -0.1) is 0 Å². The smallest absolute Gasteiger partial charge is 0.323 e. The summed E-state index contributed by atoms with van der Waals surface area (Å²) in [5.41, 5.74) is -0.296. The summed E-state index contributed by atoms with van der Waals surface area (Å²) in [5.74, 6) is -0.289. The molecule has 0 aliphatic heterocycles. The van der Waals surface area contributed by atoms with Crippen molar-refractivity contribution in [1.82, 2.24) is 5.32 Å². The van der Waals surface area contributed by atoms with E-state index in [-0.39, 0.29) is 13.2 Å². The third-order valence-corrected chi connectivity index (χ3v) is 3.24. The van der Waals surface area contributed by atoms with Crippen molar-refractivity contribution in [3.05, 3.63) is 29.8 Å². The van der Waals surface area contributed by atoms with Gasteiger partial charge in [-0.3, -0.25) is 4.79 Å². The highest BCUT2D eigenvalue weighted by Crippen LogP contribution is 2.19. The van der Waals surface area contributed by atoms with Crippen LogP contribution in [0.5, 0.6) is 5.75 Å². The Labute approximate surface area is 119 Å². The predicted molar refractivity (Wildman–Crippen MR) is 76.8 cm³/mol. The number of ether oxygens (including phenoxy) is 1. The fraction of sp³-hybridized carbons (Fsp3) is 0.533. The van der Waals surface area contributed by atoms with E-state index in [9.17, 15) is 15.0 Å². The molecule has 0 saturated carbocycles. The third-order valence-electron chi connectivity index (χ3n) is 3.24. The number of hydrogen-bond acceptors (Lipinski definition) is 4. The van der Waals surface area contributed by atoms with Crippen molar-refractivity contribution in [2.75, 3.05) is 13.2 Å². The molecule has 0 heterocycles. The first-order valence-electron chi connectivity index (χ1n) is 6.83. The van der Waals surface area contributed by atoms with E-state index in [2.05, 4.69) is 5.32 Å². The molecule has 1 atom stereocenters. The largest absolute Gasteiger partial charge is 0.493 e. The Bertz CT molecular complexity index is 436. The van der Waals surface area contributed by atoms with E-state index in [1.165, 1.54) is 0 Å². The van der Waals surface area contributed by atoms with Gasteiger partial charge in [-0.25, -0.2) is 0 Å². The van der Waals surface area contributed by atoms with Crippen molar-refractivity contribution in [3.63, 3.8) is 0 Å². The number of carbonyl (C=O) groups is 1. The van der Waals surface area contributed by atoms with Gasteiger partial charge < -0.3 is 20.3 Å². The number of hydrogen-bond donors (Lipinski definition) is 3. The van der Waals surface area contributed by atoms with Gasteiger partial charge in [0.1, 0.15) is 11.3 Å². The minimum Gasteiger partial charge on any atom is -0.493 e. The maximum absolute atomic E-state index is 11.3. The van der Waals surface area contributed by atoms with Crippen molar-refractivity contribution >= 4 is 5.97 Å². The average molecular weight is 281 g/mol. The summed E-state index contributed by atoms with van der Waals surface area (Å²) >= 11 is 0. The monoisotopic (exact) mass is 281 g/mol. The maximum Gasteiger partial charge on any atom is 0.323 e. The Balaban J connectivity index is 2.58. The number of carboxylic acids is 1. The zero-order chi connectivity index (χ0) is 15.0. The standard InChI is InChI=1S/C15H23NO4/c1-3-9-16-15(2,14(18)19)8-10-20-13-7-5-4-6-12(13)11-17/h4-7,16-17H,3,8-11H2,1-2H3,(H,18,19). The molecule has 3 N–H and O–H groups in total. The zero-order valence-electron chi connectivity index (χ0n) is 12.1. The zero-order valence-corrected chi connectivity index (χ0v) is 12.1. The Morgan fingerprint density at radius 3 is 2.70 bits per heavy atom. The van der Waals surface area contributed by atoms with E-state index in [4.69, 9.17) is 4.74 Å². The number of benzene rings is 1. The second kappa shape index (κ2) is 7.87. The van der Waals surface area contributed by atoms with Crippen molar-refractivity contribution in [2.45, 2.75) is 38.8 Å². The summed E-state index contributed by atoms with van der Waals surface area (Å²) in [7, 11) is 0. The molecule has 0 fully saturated rings. The van der Waals surface area contributed by atoms with Crippen LogP contribution in [0.25, 0.3) is 0 Å². The highest BCUT2D eigenvalue weighted by Gasteiger charge is 2.32. The highest BCUT2D eigenvalue weighted by molar-refractivity contribution is 5.78. The van der Waals surface area contributed by atoms with Crippen molar-refractivity contribution in [2.24, 2.45) is 0 Å². The minimum atomic E-state index is -0.996. The highest BCUT2D eigenvalue weighted by atomic mass is 16.5. The SMILES string of the molecule is CCCNC(C)(CCOc1ccccc1CO)C(=O)O. The van der Waals surface area contributed by atoms with Crippen LogP contribution >= 0.6 is 0 Å². The Morgan fingerprint density at radius 2 is 2.10 bits per heavy atom. The first-order chi connectivity index (χ1) is 9.53. The molecule has 0 aromatic heterocycles. The maximum atomic E-state index is 11.3. The molecule has 0 amide bonds. The first kappa shape index (κ1) is 16.5. The molecule has 0 radical (unpaired) electrons. The van der Waals surface area contributed by atoms with Crippen molar-refractivity contribution in [1.29, 1.82) is 0 Å². The fourth-order valence-electron chi connectivity index (χ4n) is 1.81. The van der Waals surface area contributed by atoms with Gasteiger partial charge in [0.05, 0.1) is 13.2 Å². The van der Waals surface area contributed by atoms with Gasteiger partial charge in [0.2, 0.25) is 0 Å². The molecule has 1 aromatic carbocycles. The number of rotatable bonds is 9. The van der Waals surface area contributed by atoms with Crippen LogP contribution in [-0.2, 0) is 11.4 Å². The molecular formula is C15H23NO4. The molecule has 0 saturated heterocycles. The van der Waals surface area contributed by atoms with Gasteiger partial charge in [0.15, 0.2) is 0 Å². The van der Waals surface area contributed by atoms with E-state index in [0.29, 0.717) is 24.3 Å². The van der Waals surface area contributed by atoms with E-state index < -0.39 is 11.5 Å². The van der Waals surface area contributed by atoms with E-state index in [1.54, 1.807) is 19.1 Å². The first-order valence-corrected chi connectivity index (χ1v) is 6.83. The minimum absolute atomic E-state index is 0.0968. The van der Waals surface area contributed by atoms with Gasteiger partial charge in [-0.05, 0) is 26.0 Å². The molecular weight excluding hydrogens is 258 g/mol. The summed E-state index contributed by atoms with van der Waals surface area (Å²) in [5, 5.41) is 21.5. The number of carboxylic acid groups (broad SMARTS) is 1. The molecule has 0 aliphatic carbocycles. The quantitative estimate of drug-likeness (QED) is 0.643. The van der Waals surface area contributed by atoms with Gasteiger partial charge in [0, 0.05) is 12.0 Å². The van der Waals surface area contributed by atoms with Crippen LogP contribution in [0.15, 0.2) is 24.3 Å².